The molecule has 0 aliphatic carbocycles. The molecule has 2 amide bonds. The molecule has 3 aromatic carbocycles. The van der Waals surface area contributed by atoms with Crippen molar-refractivity contribution in [2.75, 3.05) is 21.2 Å². The Bertz CT molecular complexity index is 1370. The van der Waals surface area contributed by atoms with Gasteiger partial charge in [0, 0.05) is 16.9 Å². The van der Waals surface area contributed by atoms with Crippen molar-refractivity contribution in [2.45, 2.75) is 45.6 Å². The van der Waals surface area contributed by atoms with Crippen molar-refractivity contribution in [3.8, 4) is 0 Å². The van der Waals surface area contributed by atoms with Crippen molar-refractivity contribution >= 4 is 38.9 Å². The third kappa shape index (κ3) is 7.16. The summed E-state index contributed by atoms with van der Waals surface area (Å²) >= 11 is 0. The van der Waals surface area contributed by atoms with E-state index < -0.39 is 27.8 Å². The maximum absolute atomic E-state index is 13.4. The summed E-state index contributed by atoms with van der Waals surface area (Å²) < 4.78 is 39.5. The molecular formula is C28H32FN3O4S. The number of carbonyl (C=O) groups excluding carboxylic acids is 2. The zero-order valence-corrected chi connectivity index (χ0v) is 22.4. The molecule has 0 saturated heterocycles. The maximum atomic E-state index is 13.4. The number of amides is 2. The topological polar surface area (TPSA) is 95.6 Å². The Kier molecular flexibility index (Phi) is 8.38. The van der Waals surface area contributed by atoms with E-state index in [1.807, 2.05) is 12.1 Å². The lowest BCUT2D eigenvalue weighted by molar-refractivity contribution is -0.117. The molecule has 9 heteroatoms. The molecule has 0 saturated carbocycles. The number of rotatable bonds is 8. The molecule has 0 fully saturated rings. The number of carbonyl (C=O) groups is 2. The molecule has 0 radical (unpaired) electrons. The van der Waals surface area contributed by atoms with Crippen LogP contribution >= 0.6 is 0 Å². The van der Waals surface area contributed by atoms with Crippen molar-refractivity contribution in [3.63, 3.8) is 0 Å². The van der Waals surface area contributed by atoms with Crippen LogP contribution in [-0.2, 0) is 20.2 Å². The van der Waals surface area contributed by atoms with Crippen LogP contribution < -0.4 is 14.9 Å². The van der Waals surface area contributed by atoms with Gasteiger partial charge in [0.2, 0.25) is 15.9 Å². The van der Waals surface area contributed by atoms with E-state index in [1.165, 1.54) is 12.1 Å². The Morgan fingerprint density at radius 1 is 0.919 bits per heavy atom. The monoisotopic (exact) mass is 525 g/mol. The standard InChI is InChI=1S/C28H32FN3O4S/c1-6-25(32(37(5,35)36)24-16-14-21(29)15-17-24)27(34)31-23-9-7-8-22(18-23)30-26(33)19-10-12-20(13-11-19)28(2,3)4/h7-18,25H,6H2,1-5H3,(H,30,33)(H,31,34)/t25-/m1/s1. The molecule has 0 aliphatic heterocycles. The van der Waals surface area contributed by atoms with Gasteiger partial charge in [0.05, 0.1) is 11.9 Å². The fourth-order valence-corrected chi connectivity index (χ4v) is 5.09. The van der Waals surface area contributed by atoms with E-state index >= 15 is 0 Å². The fraction of sp³-hybridized carbons (Fsp3) is 0.286. The largest absolute Gasteiger partial charge is 0.324 e. The number of halogens is 1. The normalized spacial score (nSPS) is 12.5. The fourth-order valence-electron chi connectivity index (χ4n) is 3.87. The molecule has 0 unspecified atom stereocenters. The van der Waals surface area contributed by atoms with E-state index in [-0.39, 0.29) is 23.4 Å². The van der Waals surface area contributed by atoms with Crippen LogP contribution in [0.3, 0.4) is 0 Å². The first-order chi connectivity index (χ1) is 17.3. The van der Waals surface area contributed by atoms with Crippen molar-refractivity contribution < 1.29 is 22.4 Å². The summed E-state index contributed by atoms with van der Waals surface area (Å²) in [5.41, 5.74) is 2.62. The van der Waals surface area contributed by atoms with Gasteiger partial charge < -0.3 is 10.6 Å². The van der Waals surface area contributed by atoms with Crippen molar-refractivity contribution in [3.05, 3.63) is 89.7 Å². The summed E-state index contributed by atoms with van der Waals surface area (Å²) in [5, 5.41) is 5.55. The maximum Gasteiger partial charge on any atom is 0.255 e. The number of benzene rings is 3. The first kappa shape index (κ1) is 27.9. The van der Waals surface area contributed by atoms with Gasteiger partial charge in [0.15, 0.2) is 0 Å². The Morgan fingerprint density at radius 3 is 2.00 bits per heavy atom. The molecule has 0 aromatic heterocycles. The van der Waals surface area contributed by atoms with E-state index in [4.69, 9.17) is 0 Å². The van der Waals surface area contributed by atoms with Crippen molar-refractivity contribution in [1.82, 2.24) is 0 Å². The summed E-state index contributed by atoms with van der Waals surface area (Å²) in [4.78, 5) is 25.9. The van der Waals surface area contributed by atoms with Gasteiger partial charge in [-0.15, -0.1) is 0 Å². The summed E-state index contributed by atoms with van der Waals surface area (Å²) in [6.45, 7) is 7.98. The average molecular weight is 526 g/mol. The zero-order valence-electron chi connectivity index (χ0n) is 21.6. The zero-order chi connectivity index (χ0) is 27.4. The first-order valence-corrected chi connectivity index (χ1v) is 13.7. The van der Waals surface area contributed by atoms with E-state index in [0.717, 1.165) is 28.3 Å². The highest BCUT2D eigenvalue weighted by Crippen LogP contribution is 2.25. The lowest BCUT2D eigenvalue weighted by atomic mass is 9.87. The van der Waals surface area contributed by atoms with Gasteiger partial charge in [0.1, 0.15) is 11.9 Å². The molecule has 196 valence electrons. The van der Waals surface area contributed by atoms with Gasteiger partial charge >= 0.3 is 0 Å². The minimum absolute atomic E-state index is 0.0265. The number of hydrogen-bond donors (Lipinski definition) is 2. The molecule has 37 heavy (non-hydrogen) atoms. The van der Waals surface area contributed by atoms with E-state index in [1.54, 1.807) is 43.3 Å². The van der Waals surface area contributed by atoms with Crippen LogP contribution in [0.5, 0.6) is 0 Å². The quantitative estimate of drug-likeness (QED) is 0.403. The van der Waals surface area contributed by atoms with Gasteiger partial charge in [-0.25, -0.2) is 12.8 Å². The van der Waals surface area contributed by atoms with Crippen molar-refractivity contribution in [1.29, 1.82) is 0 Å². The third-order valence-electron chi connectivity index (χ3n) is 5.81. The Labute approximate surface area is 217 Å². The molecule has 7 nitrogen and oxygen atoms in total. The van der Waals surface area contributed by atoms with Crippen LogP contribution in [0.25, 0.3) is 0 Å². The second kappa shape index (κ2) is 11.1. The minimum atomic E-state index is -3.85. The number of anilines is 3. The van der Waals surface area contributed by atoms with Crippen LogP contribution in [0.2, 0.25) is 0 Å². The molecule has 0 heterocycles. The highest BCUT2D eigenvalue weighted by atomic mass is 32.2. The Morgan fingerprint density at radius 2 is 1.49 bits per heavy atom. The van der Waals surface area contributed by atoms with Crippen LogP contribution in [-0.4, -0.2) is 32.5 Å². The number of nitrogens with zero attached hydrogens (tertiary/aromatic N) is 1. The van der Waals surface area contributed by atoms with Crippen LogP contribution in [0.1, 0.15) is 50.0 Å². The third-order valence-corrected chi connectivity index (χ3v) is 6.99. The highest BCUT2D eigenvalue weighted by molar-refractivity contribution is 7.92. The Hall–Kier alpha value is -3.72. The summed E-state index contributed by atoms with van der Waals surface area (Å²) in [6, 6.07) is 17.8. The van der Waals surface area contributed by atoms with Gasteiger partial charge in [-0.05, 0) is 72.0 Å². The van der Waals surface area contributed by atoms with Crippen LogP contribution in [0.4, 0.5) is 21.5 Å². The predicted octanol–water partition coefficient (Wildman–Crippen LogP) is 5.56. The van der Waals surface area contributed by atoms with E-state index in [2.05, 4.69) is 31.4 Å². The molecule has 0 aliphatic rings. The summed E-state index contributed by atoms with van der Waals surface area (Å²) in [5.74, 6) is -1.37. The molecule has 0 bridgehead atoms. The molecule has 1 atom stereocenters. The van der Waals surface area contributed by atoms with Gasteiger partial charge in [-0.2, -0.15) is 0 Å². The van der Waals surface area contributed by atoms with Gasteiger partial charge in [-0.1, -0.05) is 45.9 Å². The van der Waals surface area contributed by atoms with E-state index in [9.17, 15) is 22.4 Å². The lowest BCUT2D eigenvalue weighted by Gasteiger charge is -2.30. The molecule has 0 spiro atoms. The minimum Gasteiger partial charge on any atom is -0.324 e. The summed E-state index contributed by atoms with van der Waals surface area (Å²) in [6.07, 6.45) is 1.17. The Balaban J connectivity index is 1.77. The number of sulfonamides is 1. The molecule has 3 aromatic rings. The van der Waals surface area contributed by atoms with Crippen LogP contribution in [0.15, 0.2) is 72.8 Å². The molecule has 2 N–H and O–H groups in total. The summed E-state index contributed by atoms with van der Waals surface area (Å²) in [7, 11) is -3.85. The highest BCUT2D eigenvalue weighted by Gasteiger charge is 2.31. The van der Waals surface area contributed by atoms with Gasteiger partial charge in [0.25, 0.3) is 5.91 Å². The second-order valence-electron chi connectivity index (χ2n) is 9.81. The SMILES string of the molecule is CC[C@H](C(=O)Nc1cccc(NC(=O)c2ccc(C(C)(C)C)cc2)c1)N(c1ccc(F)cc1)S(C)(=O)=O. The van der Waals surface area contributed by atoms with Crippen molar-refractivity contribution in [2.24, 2.45) is 0 Å². The predicted molar refractivity (Wildman–Crippen MR) is 146 cm³/mol. The molecule has 3 rings (SSSR count). The van der Waals surface area contributed by atoms with Crippen LogP contribution in [0, 0.1) is 5.82 Å². The molecular weight excluding hydrogens is 493 g/mol. The smallest absolute Gasteiger partial charge is 0.255 e. The number of hydrogen-bond acceptors (Lipinski definition) is 4. The lowest BCUT2D eigenvalue weighted by Crippen LogP contribution is -2.47. The van der Waals surface area contributed by atoms with E-state index in [0.29, 0.717) is 16.9 Å². The second-order valence-corrected chi connectivity index (χ2v) is 11.7. The number of nitrogens with one attached hydrogen (secondary N) is 2. The first-order valence-electron chi connectivity index (χ1n) is 11.9. The average Bonchev–Trinajstić information content (AvgIpc) is 2.82. The van der Waals surface area contributed by atoms with Gasteiger partial charge in [-0.3, -0.25) is 13.9 Å².